The van der Waals surface area contributed by atoms with E-state index in [9.17, 15) is 4.39 Å². The Morgan fingerprint density at radius 2 is 2.18 bits per heavy atom. The lowest BCUT2D eigenvalue weighted by Gasteiger charge is -2.37. The van der Waals surface area contributed by atoms with Crippen molar-refractivity contribution in [3.05, 3.63) is 35.1 Å². The molecule has 1 nitrogen and oxygen atoms in total. The SMILES string of the molecule is CNCCC1CCC(C)(C)c2ccc(F)cc21. The number of fused-ring (bicyclic) bond motifs is 1. The highest BCUT2D eigenvalue weighted by atomic mass is 19.1. The minimum Gasteiger partial charge on any atom is -0.320 e. The normalized spacial score (nSPS) is 22.2. The average Bonchev–Trinajstić information content (AvgIpc) is 2.28. The van der Waals surface area contributed by atoms with Crippen molar-refractivity contribution in [2.75, 3.05) is 13.6 Å². The van der Waals surface area contributed by atoms with Gasteiger partial charge in [-0.25, -0.2) is 4.39 Å². The van der Waals surface area contributed by atoms with Crippen molar-refractivity contribution in [1.29, 1.82) is 0 Å². The van der Waals surface area contributed by atoms with E-state index in [1.165, 1.54) is 24.0 Å². The van der Waals surface area contributed by atoms with Crippen LogP contribution in [0.15, 0.2) is 18.2 Å². The monoisotopic (exact) mass is 235 g/mol. The van der Waals surface area contributed by atoms with E-state index in [0.717, 1.165) is 13.0 Å². The first-order valence-corrected chi connectivity index (χ1v) is 6.49. The van der Waals surface area contributed by atoms with Crippen LogP contribution in [0.2, 0.25) is 0 Å². The molecule has 17 heavy (non-hydrogen) atoms. The van der Waals surface area contributed by atoms with Crippen molar-refractivity contribution in [2.24, 2.45) is 0 Å². The van der Waals surface area contributed by atoms with Crippen LogP contribution in [-0.4, -0.2) is 13.6 Å². The topological polar surface area (TPSA) is 12.0 Å². The van der Waals surface area contributed by atoms with Crippen LogP contribution in [0.5, 0.6) is 0 Å². The lowest BCUT2D eigenvalue weighted by atomic mass is 9.68. The van der Waals surface area contributed by atoms with Gasteiger partial charge in [-0.05, 0) is 67.4 Å². The molecular formula is C15H22FN. The molecule has 1 aliphatic rings. The lowest BCUT2D eigenvalue weighted by Crippen LogP contribution is -2.27. The lowest BCUT2D eigenvalue weighted by molar-refractivity contribution is 0.378. The van der Waals surface area contributed by atoms with Gasteiger partial charge in [-0.2, -0.15) is 0 Å². The second-order valence-electron chi connectivity index (χ2n) is 5.74. The highest BCUT2D eigenvalue weighted by Crippen LogP contribution is 2.43. The van der Waals surface area contributed by atoms with Crippen molar-refractivity contribution in [3.63, 3.8) is 0 Å². The van der Waals surface area contributed by atoms with E-state index in [0.29, 0.717) is 5.92 Å². The molecule has 0 spiro atoms. The molecule has 1 unspecified atom stereocenters. The first-order valence-electron chi connectivity index (χ1n) is 6.49. The predicted octanol–water partition coefficient (Wildman–Crippen LogP) is 3.59. The summed E-state index contributed by atoms with van der Waals surface area (Å²) in [5.74, 6) is 0.414. The predicted molar refractivity (Wildman–Crippen MR) is 69.9 cm³/mol. The first-order chi connectivity index (χ1) is 8.04. The van der Waals surface area contributed by atoms with Gasteiger partial charge in [0.1, 0.15) is 5.82 Å². The van der Waals surface area contributed by atoms with E-state index in [1.54, 1.807) is 12.1 Å². The number of rotatable bonds is 3. The third-order valence-electron chi connectivity index (χ3n) is 4.04. The Morgan fingerprint density at radius 3 is 2.88 bits per heavy atom. The second kappa shape index (κ2) is 4.77. The molecule has 0 aliphatic heterocycles. The molecule has 0 saturated heterocycles. The van der Waals surface area contributed by atoms with E-state index in [4.69, 9.17) is 0 Å². The van der Waals surface area contributed by atoms with E-state index < -0.39 is 0 Å². The van der Waals surface area contributed by atoms with Gasteiger partial charge in [0.25, 0.3) is 0 Å². The van der Waals surface area contributed by atoms with Gasteiger partial charge in [-0.1, -0.05) is 19.9 Å². The molecule has 0 heterocycles. The van der Waals surface area contributed by atoms with Crippen LogP contribution >= 0.6 is 0 Å². The number of benzene rings is 1. The fourth-order valence-corrected chi connectivity index (χ4v) is 2.93. The van der Waals surface area contributed by atoms with Crippen LogP contribution in [0.25, 0.3) is 0 Å². The van der Waals surface area contributed by atoms with Gasteiger partial charge in [-0.3, -0.25) is 0 Å². The molecule has 0 aromatic heterocycles. The third-order valence-corrected chi connectivity index (χ3v) is 4.04. The Morgan fingerprint density at radius 1 is 1.41 bits per heavy atom. The van der Waals surface area contributed by atoms with Crippen molar-refractivity contribution in [1.82, 2.24) is 5.32 Å². The van der Waals surface area contributed by atoms with Gasteiger partial charge in [0.05, 0.1) is 0 Å². The quantitative estimate of drug-likeness (QED) is 0.844. The van der Waals surface area contributed by atoms with Crippen molar-refractivity contribution in [2.45, 2.75) is 44.4 Å². The molecule has 1 aromatic rings. The fourth-order valence-electron chi connectivity index (χ4n) is 2.93. The summed E-state index contributed by atoms with van der Waals surface area (Å²) >= 11 is 0. The maximum Gasteiger partial charge on any atom is 0.123 e. The van der Waals surface area contributed by atoms with Gasteiger partial charge < -0.3 is 5.32 Å². The maximum atomic E-state index is 13.4. The fraction of sp³-hybridized carbons (Fsp3) is 0.600. The highest BCUT2D eigenvalue weighted by Gasteiger charge is 2.32. The van der Waals surface area contributed by atoms with Crippen LogP contribution in [0.3, 0.4) is 0 Å². The van der Waals surface area contributed by atoms with Crippen molar-refractivity contribution < 1.29 is 4.39 Å². The van der Waals surface area contributed by atoms with Gasteiger partial charge in [0.2, 0.25) is 0 Å². The minimum atomic E-state index is -0.101. The number of nitrogens with one attached hydrogen (secondary N) is 1. The summed E-state index contributed by atoms with van der Waals surface area (Å²) < 4.78 is 13.4. The van der Waals surface area contributed by atoms with Crippen LogP contribution in [0.1, 0.15) is 50.2 Å². The molecule has 2 heteroatoms. The number of hydrogen-bond donors (Lipinski definition) is 1. The second-order valence-corrected chi connectivity index (χ2v) is 5.74. The van der Waals surface area contributed by atoms with Crippen molar-refractivity contribution in [3.8, 4) is 0 Å². The Labute approximate surface area is 103 Å². The molecule has 0 fully saturated rings. The van der Waals surface area contributed by atoms with Gasteiger partial charge in [0, 0.05) is 0 Å². The summed E-state index contributed by atoms with van der Waals surface area (Å²) in [6, 6.07) is 5.33. The number of hydrogen-bond acceptors (Lipinski definition) is 1. The Bertz CT molecular complexity index is 398. The van der Waals surface area contributed by atoms with Crippen LogP contribution in [0.4, 0.5) is 4.39 Å². The Kier molecular flexibility index (Phi) is 3.53. The molecule has 94 valence electrons. The van der Waals surface area contributed by atoms with E-state index in [-0.39, 0.29) is 11.2 Å². The summed E-state index contributed by atoms with van der Waals surface area (Å²) in [5, 5.41) is 3.19. The number of halogens is 1. The average molecular weight is 235 g/mol. The molecule has 0 saturated carbocycles. The van der Waals surface area contributed by atoms with Gasteiger partial charge >= 0.3 is 0 Å². The Hall–Kier alpha value is -0.890. The molecule has 2 rings (SSSR count). The minimum absolute atomic E-state index is 0.101. The Balaban J connectivity index is 2.35. The largest absolute Gasteiger partial charge is 0.320 e. The molecule has 0 radical (unpaired) electrons. The van der Waals surface area contributed by atoms with Crippen LogP contribution in [0, 0.1) is 5.82 Å². The zero-order valence-electron chi connectivity index (χ0n) is 11.0. The van der Waals surface area contributed by atoms with Gasteiger partial charge in [0.15, 0.2) is 0 Å². The molecular weight excluding hydrogens is 213 g/mol. The summed E-state index contributed by atoms with van der Waals surface area (Å²) in [6.45, 7) is 5.52. The van der Waals surface area contributed by atoms with Gasteiger partial charge in [-0.15, -0.1) is 0 Å². The smallest absolute Gasteiger partial charge is 0.123 e. The third kappa shape index (κ3) is 2.52. The molecule has 1 aliphatic carbocycles. The summed E-state index contributed by atoms with van der Waals surface area (Å²) in [6.07, 6.45) is 3.47. The summed E-state index contributed by atoms with van der Waals surface area (Å²) in [4.78, 5) is 0. The molecule has 0 bridgehead atoms. The van der Waals surface area contributed by atoms with Crippen LogP contribution in [-0.2, 0) is 5.41 Å². The zero-order chi connectivity index (χ0) is 12.5. The highest BCUT2D eigenvalue weighted by molar-refractivity contribution is 5.38. The van der Waals surface area contributed by atoms with E-state index in [2.05, 4.69) is 19.2 Å². The molecule has 1 atom stereocenters. The van der Waals surface area contributed by atoms with Crippen molar-refractivity contribution >= 4 is 0 Å². The summed E-state index contributed by atoms with van der Waals surface area (Å²) in [5.41, 5.74) is 2.77. The molecule has 1 N–H and O–H groups in total. The first kappa shape index (κ1) is 12.6. The molecule has 0 amide bonds. The van der Waals surface area contributed by atoms with E-state index >= 15 is 0 Å². The molecule has 1 aromatic carbocycles. The van der Waals surface area contributed by atoms with E-state index in [1.807, 2.05) is 13.1 Å². The maximum absolute atomic E-state index is 13.4. The standard InChI is InChI=1S/C15H22FN/c1-15(2)8-6-11(7-9-17-3)13-10-12(16)4-5-14(13)15/h4-5,10-11,17H,6-9H2,1-3H3. The zero-order valence-corrected chi connectivity index (χ0v) is 11.0. The van der Waals surface area contributed by atoms with Crippen LogP contribution < -0.4 is 5.32 Å². The summed E-state index contributed by atoms with van der Waals surface area (Å²) in [7, 11) is 1.97.